The summed E-state index contributed by atoms with van der Waals surface area (Å²) < 4.78 is 26.7. The minimum Gasteiger partial charge on any atom is -0.481 e. The number of aliphatic carboxylic acids is 1. The second-order valence-electron chi connectivity index (χ2n) is 7.36. The van der Waals surface area contributed by atoms with Gasteiger partial charge in [0.1, 0.15) is 0 Å². The maximum absolute atomic E-state index is 12.6. The fourth-order valence-electron chi connectivity index (χ4n) is 3.19. The Bertz CT molecular complexity index is 753. The minimum atomic E-state index is -3.53. The molecule has 1 aromatic rings. The lowest BCUT2D eigenvalue weighted by molar-refractivity contribution is -0.142. The van der Waals surface area contributed by atoms with E-state index in [1.54, 1.807) is 0 Å². The number of hydrogen-bond donors (Lipinski definition) is 2. The van der Waals surface area contributed by atoms with Gasteiger partial charge in [-0.05, 0) is 49.4 Å². The van der Waals surface area contributed by atoms with Crippen LogP contribution in [0.1, 0.15) is 49.9 Å². The molecular weight excluding hydrogens is 368 g/mol. The Morgan fingerprint density at radius 1 is 1.11 bits per heavy atom. The fraction of sp³-hybridized carbons (Fsp3) is 0.579. The molecule has 150 valence electrons. The van der Waals surface area contributed by atoms with Gasteiger partial charge in [-0.3, -0.25) is 9.59 Å². The van der Waals surface area contributed by atoms with E-state index in [-0.39, 0.29) is 17.4 Å². The van der Waals surface area contributed by atoms with E-state index in [0.717, 1.165) is 19.3 Å². The van der Waals surface area contributed by atoms with Gasteiger partial charge < -0.3 is 10.4 Å². The average Bonchev–Trinajstić information content (AvgIpc) is 2.65. The van der Waals surface area contributed by atoms with Gasteiger partial charge in [0.2, 0.25) is 10.0 Å². The molecule has 0 saturated carbocycles. The van der Waals surface area contributed by atoms with E-state index in [4.69, 9.17) is 0 Å². The molecule has 8 heteroatoms. The summed E-state index contributed by atoms with van der Waals surface area (Å²) in [4.78, 5) is 23.7. The van der Waals surface area contributed by atoms with E-state index in [1.165, 1.54) is 28.6 Å². The lowest BCUT2D eigenvalue weighted by Crippen LogP contribution is -2.35. The maximum atomic E-state index is 12.6. The number of nitrogens with zero attached hydrogens (tertiary/aromatic N) is 1. The third-order valence-corrected chi connectivity index (χ3v) is 6.60. The van der Waals surface area contributed by atoms with E-state index in [9.17, 15) is 23.1 Å². The van der Waals surface area contributed by atoms with Gasteiger partial charge in [0.25, 0.3) is 5.91 Å². The number of nitrogens with one attached hydrogen (secondary N) is 1. The van der Waals surface area contributed by atoms with E-state index in [0.29, 0.717) is 25.1 Å². The van der Waals surface area contributed by atoms with Crippen molar-refractivity contribution in [2.75, 3.05) is 19.6 Å². The SMILES string of the molecule is CC(C)CC(CNC(=O)c1ccc(S(=O)(=O)N2CCCCC2)cc1)C(=O)O. The number of piperidine rings is 1. The molecule has 0 aliphatic carbocycles. The van der Waals surface area contributed by atoms with Crippen LogP contribution < -0.4 is 5.32 Å². The molecule has 1 amide bonds. The highest BCUT2D eigenvalue weighted by Crippen LogP contribution is 2.21. The third-order valence-electron chi connectivity index (χ3n) is 4.68. The van der Waals surface area contributed by atoms with Gasteiger partial charge in [0.15, 0.2) is 0 Å². The van der Waals surface area contributed by atoms with Crippen molar-refractivity contribution in [2.24, 2.45) is 11.8 Å². The predicted octanol–water partition coefficient (Wildman–Crippen LogP) is 2.34. The molecule has 1 aliphatic heterocycles. The number of carboxylic acids is 1. The largest absolute Gasteiger partial charge is 0.481 e. The van der Waals surface area contributed by atoms with Crippen molar-refractivity contribution in [3.8, 4) is 0 Å². The summed E-state index contributed by atoms with van der Waals surface area (Å²) in [6, 6.07) is 5.79. The van der Waals surface area contributed by atoms with Crippen molar-refractivity contribution in [1.29, 1.82) is 0 Å². The Kier molecular flexibility index (Phi) is 7.38. The van der Waals surface area contributed by atoms with E-state index < -0.39 is 27.8 Å². The van der Waals surface area contributed by atoms with Crippen LogP contribution in [0.25, 0.3) is 0 Å². The first-order valence-electron chi connectivity index (χ1n) is 9.33. The van der Waals surface area contributed by atoms with Gasteiger partial charge in [0.05, 0.1) is 10.8 Å². The molecule has 1 aliphatic rings. The molecule has 7 nitrogen and oxygen atoms in total. The van der Waals surface area contributed by atoms with Crippen LogP contribution in [0, 0.1) is 11.8 Å². The Balaban J connectivity index is 2.01. The molecule has 2 rings (SSSR count). The quantitative estimate of drug-likeness (QED) is 0.702. The average molecular weight is 397 g/mol. The highest BCUT2D eigenvalue weighted by atomic mass is 32.2. The summed E-state index contributed by atoms with van der Waals surface area (Å²) in [7, 11) is -3.53. The highest BCUT2D eigenvalue weighted by Gasteiger charge is 2.26. The van der Waals surface area contributed by atoms with Crippen LogP contribution in [0.5, 0.6) is 0 Å². The lowest BCUT2D eigenvalue weighted by atomic mass is 9.97. The second-order valence-corrected chi connectivity index (χ2v) is 9.30. The molecule has 0 bridgehead atoms. The number of amides is 1. The molecule has 1 unspecified atom stereocenters. The minimum absolute atomic E-state index is 0.0418. The number of carbonyl (C=O) groups is 2. The Labute approximate surface area is 160 Å². The fourth-order valence-corrected chi connectivity index (χ4v) is 4.71. The molecule has 27 heavy (non-hydrogen) atoms. The highest BCUT2D eigenvalue weighted by molar-refractivity contribution is 7.89. The molecule has 1 aromatic carbocycles. The van der Waals surface area contributed by atoms with Gasteiger partial charge in [-0.25, -0.2) is 8.42 Å². The standard InChI is InChI=1S/C19H28N2O5S/c1-14(2)12-16(19(23)24)13-20-18(22)15-6-8-17(9-7-15)27(25,26)21-10-4-3-5-11-21/h6-9,14,16H,3-5,10-13H2,1-2H3,(H,20,22)(H,23,24). The summed E-state index contributed by atoms with van der Waals surface area (Å²) in [6.45, 7) is 4.95. The number of benzene rings is 1. The molecule has 0 aromatic heterocycles. The Morgan fingerprint density at radius 3 is 2.22 bits per heavy atom. The second kappa shape index (κ2) is 9.32. The van der Waals surface area contributed by atoms with Gasteiger partial charge >= 0.3 is 5.97 Å². The molecule has 1 fully saturated rings. The number of hydrogen-bond acceptors (Lipinski definition) is 4. The van der Waals surface area contributed by atoms with Crippen molar-refractivity contribution in [3.63, 3.8) is 0 Å². The topological polar surface area (TPSA) is 104 Å². The van der Waals surface area contributed by atoms with Gasteiger partial charge in [-0.15, -0.1) is 0 Å². The van der Waals surface area contributed by atoms with Crippen LogP contribution >= 0.6 is 0 Å². The molecule has 0 spiro atoms. The van der Waals surface area contributed by atoms with Crippen LogP contribution in [-0.4, -0.2) is 49.3 Å². The van der Waals surface area contributed by atoms with E-state index in [2.05, 4.69) is 5.32 Å². The molecule has 1 saturated heterocycles. The van der Waals surface area contributed by atoms with Gasteiger partial charge in [-0.1, -0.05) is 20.3 Å². The number of rotatable bonds is 8. The third kappa shape index (κ3) is 5.77. The molecule has 1 heterocycles. The summed E-state index contributed by atoms with van der Waals surface area (Å²) >= 11 is 0. The van der Waals surface area contributed by atoms with Crippen molar-refractivity contribution in [2.45, 2.75) is 44.4 Å². The van der Waals surface area contributed by atoms with Gasteiger partial charge in [0, 0.05) is 25.2 Å². The normalized spacial score (nSPS) is 16.9. The zero-order valence-electron chi connectivity index (χ0n) is 15.8. The molecule has 2 N–H and O–H groups in total. The summed E-state index contributed by atoms with van der Waals surface area (Å²) in [5.41, 5.74) is 0.307. The first-order valence-corrected chi connectivity index (χ1v) is 10.8. The van der Waals surface area contributed by atoms with Crippen molar-refractivity contribution < 1.29 is 23.1 Å². The Hall–Kier alpha value is -1.93. The first kappa shape index (κ1) is 21.4. The van der Waals surface area contributed by atoms with Crippen LogP contribution in [0.15, 0.2) is 29.2 Å². The van der Waals surface area contributed by atoms with E-state index in [1.807, 2.05) is 13.8 Å². The first-order chi connectivity index (χ1) is 12.7. The number of sulfonamides is 1. The van der Waals surface area contributed by atoms with Crippen LogP contribution in [0.3, 0.4) is 0 Å². The van der Waals surface area contributed by atoms with Crippen molar-refractivity contribution in [1.82, 2.24) is 9.62 Å². The van der Waals surface area contributed by atoms with Crippen LogP contribution in [0.4, 0.5) is 0 Å². The summed E-state index contributed by atoms with van der Waals surface area (Å²) in [5, 5.41) is 11.9. The number of carbonyl (C=O) groups excluding carboxylic acids is 1. The van der Waals surface area contributed by atoms with Gasteiger partial charge in [-0.2, -0.15) is 4.31 Å². The number of carboxylic acid groups (broad SMARTS) is 1. The maximum Gasteiger partial charge on any atom is 0.308 e. The summed E-state index contributed by atoms with van der Waals surface area (Å²) in [6.07, 6.45) is 3.24. The zero-order valence-corrected chi connectivity index (χ0v) is 16.7. The predicted molar refractivity (Wildman–Crippen MR) is 102 cm³/mol. The monoisotopic (exact) mass is 396 g/mol. The summed E-state index contributed by atoms with van der Waals surface area (Å²) in [5.74, 6) is -1.78. The lowest BCUT2D eigenvalue weighted by Gasteiger charge is -2.25. The van der Waals surface area contributed by atoms with Crippen molar-refractivity contribution in [3.05, 3.63) is 29.8 Å². The van der Waals surface area contributed by atoms with Crippen LogP contribution in [-0.2, 0) is 14.8 Å². The Morgan fingerprint density at radius 2 is 1.70 bits per heavy atom. The molecule has 1 atom stereocenters. The van der Waals surface area contributed by atoms with E-state index >= 15 is 0 Å². The zero-order chi connectivity index (χ0) is 20.0. The smallest absolute Gasteiger partial charge is 0.308 e. The van der Waals surface area contributed by atoms with Crippen molar-refractivity contribution >= 4 is 21.9 Å². The molecular formula is C19H28N2O5S. The molecule has 0 radical (unpaired) electrons. The van der Waals surface area contributed by atoms with Crippen LogP contribution in [0.2, 0.25) is 0 Å².